The van der Waals surface area contributed by atoms with Gasteiger partial charge in [-0.25, -0.2) is 0 Å². The molecule has 0 aromatic carbocycles. The molecule has 3 nitrogen and oxygen atoms in total. The van der Waals surface area contributed by atoms with Crippen molar-refractivity contribution in [1.82, 2.24) is 4.98 Å². The first kappa shape index (κ1) is 13.5. The van der Waals surface area contributed by atoms with Crippen molar-refractivity contribution < 1.29 is 9.47 Å². The zero-order valence-corrected chi connectivity index (χ0v) is 10.5. The Hall–Kier alpha value is -0.580. The number of pyridine rings is 1. The Kier molecular flexibility index (Phi) is 8.12. The molecule has 1 aromatic rings. The van der Waals surface area contributed by atoms with E-state index >= 15 is 0 Å². The quantitative estimate of drug-likeness (QED) is 0.621. The summed E-state index contributed by atoms with van der Waals surface area (Å²) in [4.78, 5) is 4.26. The van der Waals surface area contributed by atoms with Crippen LogP contribution in [0.4, 0.5) is 0 Å². The monoisotopic (exact) mass is 241 g/mol. The van der Waals surface area contributed by atoms with E-state index in [4.69, 9.17) is 9.47 Å². The second-order valence-corrected chi connectivity index (χ2v) is 4.29. The fourth-order valence-electron chi connectivity index (χ4n) is 1.14. The zero-order chi connectivity index (χ0) is 11.5. The van der Waals surface area contributed by atoms with Gasteiger partial charge in [0.15, 0.2) is 0 Å². The summed E-state index contributed by atoms with van der Waals surface area (Å²) < 4.78 is 10.6. The Morgan fingerprint density at radius 2 is 2.06 bits per heavy atom. The van der Waals surface area contributed by atoms with Crippen molar-refractivity contribution >= 4 is 11.8 Å². The standard InChI is InChI=1S/C12H19NO2S/c1-2-14-7-8-15-9-10-16-11-12-5-3-4-6-13-12/h3-6H,2,7-11H2,1H3. The molecule has 1 rings (SSSR count). The fourth-order valence-corrected chi connectivity index (χ4v) is 1.90. The van der Waals surface area contributed by atoms with Crippen LogP contribution in [-0.2, 0) is 15.2 Å². The van der Waals surface area contributed by atoms with Crippen LogP contribution in [0, 0.1) is 0 Å². The molecule has 0 saturated heterocycles. The van der Waals surface area contributed by atoms with E-state index in [0.717, 1.165) is 30.4 Å². The molecule has 0 atom stereocenters. The van der Waals surface area contributed by atoms with Crippen molar-refractivity contribution in [1.29, 1.82) is 0 Å². The summed E-state index contributed by atoms with van der Waals surface area (Å²) in [5, 5.41) is 0. The highest BCUT2D eigenvalue weighted by Crippen LogP contribution is 2.08. The van der Waals surface area contributed by atoms with Gasteiger partial charge >= 0.3 is 0 Å². The number of ether oxygens (including phenoxy) is 2. The van der Waals surface area contributed by atoms with Gasteiger partial charge < -0.3 is 9.47 Å². The summed E-state index contributed by atoms with van der Waals surface area (Å²) >= 11 is 1.84. The molecule has 0 saturated carbocycles. The second kappa shape index (κ2) is 9.63. The van der Waals surface area contributed by atoms with E-state index < -0.39 is 0 Å². The Morgan fingerprint density at radius 3 is 2.81 bits per heavy atom. The van der Waals surface area contributed by atoms with Gasteiger partial charge in [0.25, 0.3) is 0 Å². The highest BCUT2D eigenvalue weighted by molar-refractivity contribution is 7.98. The number of hydrogen-bond donors (Lipinski definition) is 0. The van der Waals surface area contributed by atoms with E-state index in [2.05, 4.69) is 4.98 Å². The first-order valence-electron chi connectivity index (χ1n) is 5.56. The van der Waals surface area contributed by atoms with E-state index in [0.29, 0.717) is 13.2 Å². The van der Waals surface area contributed by atoms with E-state index in [1.54, 1.807) is 0 Å². The van der Waals surface area contributed by atoms with Crippen molar-refractivity contribution in [3.8, 4) is 0 Å². The van der Waals surface area contributed by atoms with Crippen LogP contribution < -0.4 is 0 Å². The van der Waals surface area contributed by atoms with Crippen LogP contribution in [0.15, 0.2) is 24.4 Å². The topological polar surface area (TPSA) is 31.4 Å². The highest BCUT2D eigenvalue weighted by atomic mass is 32.2. The smallest absolute Gasteiger partial charge is 0.0700 e. The van der Waals surface area contributed by atoms with Crippen molar-refractivity contribution in [3.63, 3.8) is 0 Å². The molecule has 1 heterocycles. The van der Waals surface area contributed by atoms with Crippen LogP contribution in [-0.4, -0.2) is 37.2 Å². The van der Waals surface area contributed by atoms with Gasteiger partial charge in [-0.3, -0.25) is 4.98 Å². The van der Waals surface area contributed by atoms with Gasteiger partial charge in [-0.2, -0.15) is 11.8 Å². The molecule has 0 N–H and O–H groups in total. The van der Waals surface area contributed by atoms with Crippen LogP contribution in [0.2, 0.25) is 0 Å². The fraction of sp³-hybridized carbons (Fsp3) is 0.583. The summed E-state index contributed by atoms with van der Waals surface area (Å²) in [6.45, 7) is 4.92. The van der Waals surface area contributed by atoms with E-state index in [9.17, 15) is 0 Å². The predicted molar refractivity (Wildman–Crippen MR) is 67.7 cm³/mol. The first-order valence-corrected chi connectivity index (χ1v) is 6.72. The molecule has 0 fully saturated rings. The average Bonchev–Trinajstić information content (AvgIpc) is 2.34. The SMILES string of the molecule is CCOCCOCCSCc1ccccn1. The molecule has 0 spiro atoms. The first-order chi connectivity index (χ1) is 7.93. The molecular weight excluding hydrogens is 222 g/mol. The van der Waals surface area contributed by atoms with Crippen LogP contribution in [0.5, 0.6) is 0 Å². The molecule has 0 aliphatic rings. The predicted octanol–water partition coefficient (Wildman–Crippen LogP) is 2.37. The minimum atomic E-state index is 0.692. The summed E-state index contributed by atoms with van der Waals surface area (Å²) in [5.41, 5.74) is 1.13. The third-order valence-corrected chi connectivity index (χ3v) is 2.88. The third-order valence-electron chi connectivity index (χ3n) is 1.92. The molecular formula is C12H19NO2S. The van der Waals surface area contributed by atoms with Crippen molar-refractivity contribution in [2.75, 3.05) is 32.2 Å². The van der Waals surface area contributed by atoms with Gasteiger partial charge in [0.05, 0.1) is 25.5 Å². The maximum Gasteiger partial charge on any atom is 0.0700 e. The number of hydrogen-bond acceptors (Lipinski definition) is 4. The van der Waals surface area contributed by atoms with Crippen molar-refractivity contribution in [3.05, 3.63) is 30.1 Å². The zero-order valence-electron chi connectivity index (χ0n) is 9.72. The minimum Gasteiger partial charge on any atom is -0.379 e. The van der Waals surface area contributed by atoms with Gasteiger partial charge in [-0.1, -0.05) is 6.07 Å². The summed E-state index contributed by atoms with van der Waals surface area (Å²) in [5.74, 6) is 1.96. The lowest BCUT2D eigenvalue weighted by Gasteiger charge is -2.04. The number of nitrogens with zero attached hydrogens (tertiary/aromatic N) is 1. The third kappa shape index (κ3) is 6.82. The lowest BCUT2D eigenvalue weighted by atomic mass is 10.4. The van der Waals surface area contributed by atoms with Crippen molar-refractivity contribution in [2.24, 2.45) is 0 Å². The van der Waals surface area contributed by atoms with Gasteiger partial charge in [-0.05, 0) is 19.1 Å². The molecule has 0 amide bonds. The Balaban J connectivity index is 1.89. The summed E-state index contributed by atoms with van der Waals surface area (Å²) in [6.07, 6.45) is 1.83. The van der Waals surface area contributed by atoms with Gasteiger partial charge in [0.1, 0.15) is 0 Å². The van der Waals surface area contributed by atoms with Crippen molar-refractivity contribution in [2.45, 2.75) is 12.7 Å². The van der Waals surface area contributed by atoms with Gasteiger partial charge in [-0.15, -0.1) is 0 Å². The van der Waals surface area contributed by atoms with Crippen LogP contribution in [0.1, 0.15) is 12.6 Å². The molecule has 1 aromatic heterocycles. The summed E-state index contributed by atoms with van der Waals surface area (Å²) in [7, 11) is 0. The molecule has 0 unspecified atom stereocenters. The molecule has 0 bridgehead atoms. The molecule has 0 radical (unpaired) electrons. The average molecular weight is 241 g/mol. The lowest BCUT2D eigenvalue weighted by molar-refractivity contribution is 0.0594. The number of aromatic nitrogens is 1. The van der Waals surface area contributed by atoms with Crippen LogP contribution in [0.3, 0.4) is 0 Å². The summed E-state index contributed by atoms with van der Waals surface area (Å²) in [6, 6.07) is 6.00. The largest absolute Gasteiger partial charge is 0.379 e. The van der Waals surface area contributed by atoms with E-state index in [1.807, 2.05) is 43.1 Å². The highest BCUT2D eigenvalue weighted by Gasteiger charge is 1.94. The molecule has 90 valence electrons. The van der Waals surface area contributed by atoms with E-state index in [-0.39, 0.29) is 0 Å². The van der Waals surface area contributed by atoms with E-state index in [1.165, 1.54) is 0 Å². The normalized spacial score (nSPS) is 10.6. The van der Waals surface area contributed by atoms with Gasteiger partial charge in [0.2, 0.25) is 0 Å². The maximum absolute atomic E-state index is 5.41. The Labute approximate surface area is 102 Å². The second-order valence-electron chi connectivity index (χ2n) is 3.18. The molecule has 0 aliphatic heterocycles. The Bertz CT molecular complexity index is 256. The van der Waals surface area contributed by atoms with Crippen LogP contribution >= 0.6 is 11.8 Å². The molecule has 16 heavy (non-hydrogen) atoms. The number of thioether (sulfide) groups is 1. The minimum absolute atomic E-state index is 0.692. The maximum atomic E-state index is 5.41. The number of rotatable bonds is 9. The Morgan fingerprint density at radius 1 is 1.19 bits per heavy atom. The molecule has 0 aliphatic carbocycles. The van der Waals surface area contributed by atoms with Gasteiger partial charge in [0, 0.05) is 24.3 Å². The van der Waals surface area contributed by atoms with Crippen LogP contribution in [0.25, 0.3) is 0 Å². The molecule has 4 heteroatoms. The lowest BCUT2D eigenvalue weighted by Crippen LogP contribution is -2.06.